The molecular weight excluding hydrogens is 268 g/mol. The summed E-state index contributed by atoms with van der Waals surface area (Å²) in [6.07, 6.45) is 3.59. The third kappa shape index (κ3) is 4.56. The van der Waals surface area contributed by atoms with Crippen molar-refractivity contribution in [2.24, 2.45) is 11.7 Å². The van der Waals surface area contributed by atoms with Gasteiger partial charge in [-0.05, 0) is 24.8 Å². The fraction of sp³-hybridized carbons (Fsp3) is 0.500. The van der Waals surface area contributed by atoms with Gasteiger partial charge in [0.15, 0.2) is 0 Å². The van der Waals surface area contributed by atoms with Crippen molar-refractivity contribution in [1.82, 2.24) is 5.32 Å². The fourth-order valence-corrected chi connectivity index (χ4v) is 2.81. The third-order valence-corrected chi connectivity index (χ3v) is 3.98. The van der Waals surface area contributed by atoms with E-state index in [1.807, 2.05) is 30.3 Å². The minimum atomic E-state index is -1.01. The molecule has 0 saturated heterocycles. The van der Waals surface area contributed by atoms with Crippen molar-refractivity contribution in [3.8, 4) is 0 Å². The Bertz CT molecular complexity index is 490. The molecule has 0 heterocycles. The standard InChI is InChI=1S/C16H22N2O3/c17-13-8-4-7-12(10-13)15(19)18-14(16(20)21)9-11-5-2-1-3-6-11/h1-3,5-6,12-14H,4,7-10,17H2,(H,18,19)(H,20,21)/t12?,13?,14-/m0/s1. The number of hydrogen-bond donors (Lipinski definition) is 3. The summed E-state index contributed by atoms with van der Waals surface area (Å²) in [7, 11) is 0. The van der Waals surface area contributed by atoms with Crippen LogP contribution in [-0.4, -0.2) is 29.1 Å². The van der Waals surface area contributed by atoms with Crippen molar-refractivity contribution in [2.45, 2.75) is 44.2 Å². The van der Waals surface area contributed by atoms with Gasteiger partial charge in [-0.3, -0.25) is 4.79 Å². The third-order valence-electron chi connectivity index (χ3n) is 3.98. The van der Waals surface area contributed by atoms with Gasteiger partial charge in [0.2, 0.25) is 5.91 Å². The number of aliphatic carboxylic acids is 1. The normalized spacial score (nSPS) is 23.3. The first-order chi connectivity index (χ1) is 10.1. The molecule has 5 nitrogen and oxygen atoms in total. The van der Waals surface area contributed by atoms with E-state index in [1.54, 1.807) is 0 Å². The Morgan fingerprint density at radius 3 is 2.62 bits per heavy atom. The molecule has 3 atom stereocenters. The van der Waals surface area contributed by atoms with Gasteiger partial charge in [-0.25, -0.2) is 4.79 Å². The Kier molecular flexibility index (Phi) is 5.33. The zero-order valence-electron chi connectivity index (χ0n) is 12.0. The fourth-order valence-electron chi connectivity index (χ4n) is 2.81. The van der Waals surface area contributed by atoms with E-state index < -0.39 is 12.0 Å². The molecule has 0 bridgehead atoms. The van der Waals surface area contributed by atoms with Gasteiger partial charge in [0.05, 0.1) is 0 Å². The Balaban J connectivity index is 1.96. The molecule has 1 aliphatic carbocycles. The van der Waals surface area contributed by atoms with Crippen molar-refractivity contribution in [2.75, 3.05) is 0 Å². The first-order valence-corrected chi connectivity index (χ1v) is 7.39. The molecule has 1 aliphatic rings. The smallest absolute Gasteiger partial charge is 0.326 e. The molecule has 1 aromatic rings. The van der Waals surface area contributed by atoms with Gasteiger partial charge in [0.25, 0.3) is 0 Å². The highest BCUT2D eigenvalue weighted by atomic mass is 16.4. The molecule has 0 aromatic heterocycles. The molecule has 1 saturated carbocycles. The molecule has 1 fully saturated rings. The second-order valence-corrected chi connectivity index (χ2v) is 5.71. The zero-order valence-corrected chi connectivity index (χ0v) is 12.0. The van der Waals surface area contributed by atoms with E-state index in [4.69, 9.17) is 5.73 Å². The lowest BCUT2D eigenvalue weighted by Crippen LogP contribution is -2.46. The van der Waals surface area contributed by atoms with Crippen LogP contribution in [0.4, 0.5) is 0 Å². The Hall–Kier alpha value is -1.88. The summed E-state index contributed by atoms with van der Waals surface area (Å²) in [5.41, 5.74) is 6.77. The van der Waals surface area contributed by atoms with E-state index in [9.17, 15) is 14.7 Å². The summed E-state index contributed by atoms with van der Waals surface area (Å²) in [6, 6.07) is 8.47. The van der Waals surface area contributed by atoms with Crippen molar-refractivity contribution in [3.63, 3.8) is 0 Å². The van der Waals surface area contributed by atoms with Crippen LogP contribution in [0.3, 0.4) is 0 Å². The summed E-state index contributed by atoms with van der Waals surface area (Å²) >= 11 is 0. The minimum Gasteiger partial charge on any atom is -0.480 e. The number of nitrogens with two attached hydrogens (primary N) is 1. The van der Waals surface area contributed by atoms with Crippen LogP contribution in [0.1, 0.15) is 31.2 Å². The SMILES string of the molecule is NC1CCCC(C(=O)N[C@@H](Cc2ccccc2)C(=O)O)C1. The van der Waals surface area contributed by atoms with E-state index in [2.05, 4.69) is 5.32 Å². The van der Waals surface area contributed by atoms with Gasteiger partial charge in [-0.15, -0.1) is 0 Å². The molecule has 4 N–H and O–H groups in total. The van der Waals surface area contributed by atoms with Gasteiger partial charge in [-0.2, -0.15) is 0 Å². The highest BCUT2D eigenvalue weighted by Gasteiger charge is 2.28. The number of amides is 1. The molecular formula is C16H22N2O3. The lowest BCUT2D eigenvalue weighted by atomic mass is 9.85. The maximum atomic E-state index is 12.2. The first-order valence-electron chi connectivity index (χ1n) is 7.39. The minimum absolute atomic E-state index is 0.0481. The van der Waals surface area contributed by atoms with Crippen LogP contribution in [0.25, 0.3) is 0 Å². The van der Waals surface area contributed by atoms with Gasteiger partial charge in [0, 0.05) is 18.4 Å². The van der Waals surface area contributed by atoms with Crippen LogP contribution in [0.15, 0.2) is 30.3 Å². The predicted octanol–water partition coefficient (Wildman–Crippen LogP) is 1.32. The molecule has 2 unspecified atom stereocenters. The highest BCUT2D eigenvalue weighted by molar-refractivity contribution is 5.85. The average Bonchev–Trinajstić information content (AvgIpc) is 2.47. The molecule has 2 rings (SSSR count). The van der Waals surface area contributed by atoms with E-state index in [0.717, 1.165) is 24.8 Å². The van der Waals surface area contributed by atoms with Gasteiger partial charge >= 0.3 is 5.97 Å². The lowest BCUT2D eigenvalue weighted by molar-refractivity contribution is -0.142. The quantitative estimate of drug-likeness (QED) is 0.762. The van der Waals surface area contributed by atoms with Crippen LogP contribution in [0, 0.1) is 5.92 Å². The molecule has 0 aliphatic heterocycles. The monoisotopic (exact) mass is 290 g/mol. The zero-order chi connectivity index (χ0) is 15.2. The Morgan fingerprint density at radius 2 is 2.00 bits per heavy atom. The number of rotatable bonds is 5. The predicted molar refractivity (Wildman–Crippen MR) is 79.6 cm³/mol. The second-order valence-electron chi connectivity index (χ2n) is 5.71. The Labute approximate surface area is 124 Å². The number of carboxylic acids is 1. The number of carbonyl (C=O) groups is 2. The summed E-state index contributed by atoms with van der Waals surface area (Å²) in [6.45, 7) is 0. The topological polar surface area (TPSA) is 92.4 Å². The number of nitrogens with one attached hydrogen (secondary N) is 1. The largest absolute Gasteiger partial charge is 0.480 e. The number of carbonyl (C=O) groups excluding carboxylic acids is 1. The summed E-state index contributed by atoms with van der Waals surface area (Å²) in [4.78, 5) is 23.6. The highest BCUT2D eigenvalue weighted by Crippen LogP contribution is 2.23. The number of benzene rings is 1. The molecule has 5 heteroatoms. The summed E-state index contributed by atoms with van der Waals surface area (Å²) in [5, 5.41) is 12.0. The summed E-state index contributed by atoms with van der Waals surface area (Å²) < 4.78 is 0. The maximum Gasteiger partial charge on any atom is 0.326 e. The van der Waals surface area contributed by atoms with Crippen molar-refractivity contribution >= 4 is 11.9 Å². The van der Waals surface area contributed by atoms with Crippen molar-refractivity contribution < 1.29 is 14.7 Å². The van der Waals surface area contributed by atoms with E-state index in [1.165, 1.54) is 0 Å². The molecule has 21 heavy (non-hydrogen) atoms. The number of hydrogen-bond acceptors (Lipinski definition) is 3. The second kappa shape index (κ2) is 7.22. The van der Waals surface area contributed by atoms with Gasteiger partial charge in [-0.1, -0.05) is 36.8 Å². The van der Waals surface area contributed by atoms with Crippen LogP contribution in [0.2, 0.25) is 0 Å². The van der Waals surface area contributed by atoms with Gasteiger partial charge < -0.3 is 16.2 Å². The molecule has 0 spiro atoms. The van der Waals surface area contributed by atoms with Crippen LogP contribution in [-0.2, 0) is 16.0 Å². The molecule has 0 radical (unpaired) electrons. The van der Waals surface area contributed by atoms with Crippen LogP contribution < -0.4 is 11.1 Å². The van der Waals surface area contributed by atoms with E-state index in [-0.39, 0.29) is 17.9 Å². The van der Waals surface area contributed by atoms with E-state index >= 15 is 0 Å². The van der Waals surface area contributed by atoms with E-state index in [0.29, 0.717) is 12.8 Å². The maximum absolute atomic E-state index is 12.2. The number of carboxylic acid groups (broad SMARTS) is 1. The van der Waals surface area contributed by atoms with Crippen LogP contribution in [0.5, 0.6) is 0 Å². The lowest BCUT2D eigenvalue weighted by Gasteiger charge is -2.27. The molecule has 1 amide bonds. The van der Waals surface area contributed by atoms with Gasteiger partial charge in [0.1, 0.15) is 6.04 Å². The van der Waals surface area contributed by atoms with Crippen molar-refractivity contribution in [3.05, 3.63) is 35.9 Å². The first kappa shape index (κ1) is 15.5. The van der Waals surface area contributed by atoms with Crippen LogP contribution >= 0.6 is 0 Å². The molecule has 114 valence electrons. The Morgan fingerprint density at radius 1 is 1.29 bits per heavy atom. The average molecular weight is 290 g/mol. The van der Waals surface area contributed by atoms with Crippen molar-refractivity contribution in [1.29, 1.82) is 0 Å². The molecule has 1 aromatic carbocycles. The summed E-state index contributed by atoms with van der Waals surface area (Å²) in [5.74, 6) is -1.35.